The molecule has 3 N–H and O–H groups in total. The summed E-state index contributed by atoms with van der Waals surface area (Å²) >= 11 is 0. The van der Waals surface area contributed by atoms with E-state index in [0.29, 0.717) is 12.2 Å². The highest BCUT2D eigenvalue weighted by Gasteiger charge is 2.14. The molecule has 0 fully saturated rings. The predicted octanol–water partition coefficient (Wildman–Crippen LogP) is 1.33. The van der Waals surface area contributed by atoms with Crippen LogP contribution in [-0.4, -0.2) is 24.5 Å². The molecule has 1 aromatic rings. The minimum Gasteiger partial charge on any atom is -0.355 e. The van der Waals surface area contributed by atoms with E-state index in [9.17, 15) is 9.59 Å². The Labute approximate surface area is 101 Å². The van der Waals surface area contributed by atoms with Crippen molar-refractivity contribution in [1.82, 2.24) is 10.6 Å². The normalized spacial score (nSPS) is 11.4. The zero-order valence-corrected chi connectivity index (χ0v) is 9.99. The van der Waals surface area contributed by atoms with Crippen LogP contribution in [0.3, 0.4) is 0 Å². The third-order valence-electron chi connectivity index (χ3n) is 2.12. The van der Waals surface area contributed by atoms with E-state index < -0.39 is 12.1 Å². The number of carbonyl (C=O) groups excluding carboxylic acids is 2. The molecule has 0 heterocycles. The summed E-state index contributed by atoms with van der Waals surface area (Å²) in [6, 6.07) is 8.10. The Kier molecular flexibility index (Phi) is 5.00. The Hall–Kier alpha value is -2.04. The van der Waals surface area contributed by atoms with E-state index >= 15 is 0 Å². The number of likely N-dealkylation sites (N-methyl/N-ethyl adjacent to an activating group) is 1. The minimum atomic E-state index is -0.557. The molecule has 0 aliphatic carbocycles. The first-order valence-corrected chi connectivity index (χ1v) is 5.53. The van der Waals surface area contributed by atoms with E-state index in [-0.39, 0.29) is 5.91 Å². The van der Waals surface area contributed by atoms with Gasteiger partial charge in [-0.15, -0.1) is 0 Å². The quantitative estimate of drug-likeness (QED) is 0.737. The van der Waals surface area contributed by atoms with Crippen molar-refractivity contribution >= 4 is 17.6 Å². The molecule has 0 saturated heterocycles. The summed E-state index contributed by atoms with van der Waals surface area (Å²) in [5, 5.41) is 7.82. The van der Waals surface area contributed by atoms with Crippen LogP contribution in [0.2, 0.25) is 0 Å². The van der Waals surface area contributed by atoms with Gasteiger partial charge in [-0.25, -0.2) is 4.79 Å². The van der Waals surface area contributed by atoms with Crippen molar-refractivity contribution < 1.29 is 9.59 Å². The van der Waals surface area contributed by atoms with Crippen molar-refractivity contribution in [3.63, 3.8) is 0 Å². The van der Waals surface area contributed by atoms with Gasteiger partial charge in [-0.3, -0.25) is 4.79 Å². The lowest BCUT2D eigenvalue weighted by atomic mass is 10.3. The van der Waals surface area contributed by atoms with E-state index in [0.717, 1.165) is 0 Å². The summed E-state index contributed by atoms with van der Waals surface area (Å²) in [4.78, 5) is 22.9. The lowest BCUT2D eigenvalue weighted by molar-refractivity contribution is -0.122. The van der Waals surface area contributed by atoms with Crippen molar-refractivity contribution in [3.05, 3.63) is 30.3 Å². The zero-order chi connectivity index (χ0) is 12.7. The van der Waals surface area contributed by atoms with Crippen LogP contribution in [-0.2, 0) is 4.79 Å². The van der Waals surface area contributed by atoms with E-state index in [1.165, 1.54) is 0 Å². The topological polar surface area (TPSA) is 70.2 Å². The minimum absolute atomic E-state index is 0.198. The first-order chi connectivity index (χ1) is 8.13. The highest BCUT2D eigenvalue weighted by Crippen LogP contribution is 2.04. The van der Waals surface area contributed by atoms with Crippen molar-refractivity contribution in [1.29, 1.82) is 0 Å². The number of para-hydroxylation sites is 1. The van der Waals surface area contributed by atoms with Crippen LogP contribution in [0.1, 0.15) is 13.8 Å². The standard InChI is InChI=1S/C12H17N3O2/c1-3-13-11(16)9(2)14-12(17)15-10-7-5-4-6-8-10/h4-9H,3H2,1-2H3,(H,13,16)(H2,14,15,17). The van der Waals surface area contributed by atoms with Gasteiger partial charge in [-0.05, 0) is 26.0 Å². The molecule has 1 unspecified atom stereocenters. The van der Waals surface area contributed by atoms with Crippen molar-refractivity contribution in [2.24, 2.45) is 0 Å². The van der Waals surface area contributed by atoms with Crippen molar-refractivity contribution in [2.45, 2.75) is 19.9 Å². The van der Waals surface area contributed by atoms with Crippen LogP contribution < -0.4 is 16.0 Å². The van der Waals surface area contributed by atoms with E-state index in [4.69, 9.17) is 0 Å². The fraction of sp³-hybridized carbons (Fsp3) is 0.333. The Morgan fingerprint density at radius 1 is 1.24 bits per heavy atom. The molecule has 0 aromatic heterocycles. The molecule has 0 radical (unpaired) electrons. The first kappa shape index (κ1) is 13.0. The summed E-state index contributed by atoms with van der Waals surface area (Å²) in [6.45, 7) is 4.01. The van der Waals surface area contributed by atoms with Crippen LogP contribution >= 0.6 is 0 Å². The Balaban J connectivity index is 2.42. The Morgan fingerprint density at radius 3 is 2.47 bits per heavy atom. The van der Waals surface area contributed by atoms with Gasteiger partial charge in [0.15, 0.2) is 0 Å². The van der Waals surface area contributed by atoms with Gasteiger partial charge >= 0.3 is 6.03 Å². The van der Waals surface area contributed by atoms with E-state index in [1.807, 2.05) is 25.1 Å². The molecule has 0 saturated carbocycles. The summed E-state index contributed by atoms with van der Waals surface area (Å²) in [5.41, 5.74) is 0.688. The number of urea groups is 1. The number of anilines is 1. The molecule has 5 nitrogen and oxygen atoms in total. The maximum absolute atomic E-state index is 11.5. The van der Waals surface area contributed by atoms with E-state index in [1.54, 1.807) is 19.1 Å². The van der Waals surface area contributed by atoms with Gasteiger partial charge in [0.2, 0.25) is 5.91 Å². The smallest absolute Gasteiger partial charge is 0.319 e. The maximum Gasteiger partial charge on any atom is 0.319 e. The lowest BCUT2D eigenvalue weighted by Crippen LogP contribution is -2.46. The van der Waals surface area contributed by atoms with Crippen molar-refractivity contribution in [2.75, 3.05) is 11.9 Å². The molecule has 17 heavy (non-hydrogen) atoms. The van der Waals surface area contributed by atoms with Gasteiger partial charge in [-0.1, -0.05) is 18.2 Å². The third kappa shape index (κ3) is 4.55. The number of benzene rings is 1. The summed E-state index contributed by atoms with van der Waals surface area (Å²) in [5.74, 6) is -0.198. The van der Waals surface area contributed by atoms with Crippen LogP contribution in [0.5, 0.6) is 0 Å². The summed E-state index contributed by atoms with van der Waals surface area (Å²) in [7, 11) is 0. The molecule has 92 valence electrons. The predicted molar refractivity (Wildman–Crippen MR) is 66.7 cm³/mol. The summed E-state index contributed by atoms with van der Waals surface area (Å²) in [6.07, 6.45) is 0. The third-order valence-corrected chi connectivity index (χ3v) is 2.12. The molecule has 1 rings (SSSR count). The molecule has 0 aliphatic rings. The second-order valence-electron chi connectivity index (χ2n) is 3.58. The number of hydrogen-bond acceptors (Lipinski definition) is 2. The van der Waals surface area contributed by atoms with Gasteiger partial charge in [0.25, 0.3) is 0 Å². The molecule has 0 aliphatic heterocycles. The van der Waals surface area contributed by atoms with Gasteiger partial charge < -0.3 is 16.0 Å². The Morgan fingerprint density at radius 2 is 1.88 bits per heavy atom. The van der Waals surface area contributed by atoms with Crippen LogP contribution in [0.4, 0.5) is 10.5 Å². The Bertz CT molecular complexity index is 379. The molecule has 3 amide bonds. The van der Waals surface area contributed by atoms with E-state index in [2.05, 4.69) is 16.0 Å². The zero-order valence-electron chi connectivity index (χ0n) is 9.99. The number of rotatable bonds is 4. The second kappa shape index (κ2) is 6.52. The van der Waals surface area contributed by atoms with Crippen LogP contribution in [0.15, 0.2) is 30.3 Å². The number of nitrogens with one attached hydrogen (secondary N) is 3. The van der Waals surface area contributed by atoms with Gasteiger partial charge in [0, 0.05) is 12.2 Å². The van der Waals surface area contributed by atoms with Gasteiger partial charge in [0.05, 0.1) is 0 Å². The number of amides is 3. The molecule has 5 heteroatoms. The van der Waals surface area contributed by atoms with Gasteiger partial charge in [0.1, 0.15) is 6.04 Å². The highest BCUT2D eigenvalue weighted by atomic mass is 16.2. The molecular formula is C12H17N3O2. The molecule has 1 aromatic carbocycles. The molecule has 1 atom stereocenters. The van der Waals surface area contributed by atoms with Crippen LogP contribution in [0.25, 0.3) is 0 Å². The van der Waals surface area contributed by atoms with Crippen LogP contribution in [0, 0.1) is 0 Å². The first-order valence-electron chi connectivity index (χ1n) is 5.53. The molecular weight excluding hydrogens is 218 g/mol. The largest absolute Gasteiger partial charge is 0.355 e. The number of carbonyl (C=O) groups is 2. The highest BCUT2D eigenvalue weighted by molar-refractivity contribution is 5.93. The maximum atomic E-state index is 11.5. The fourth-order valence-electron chi connectivity index (χ4n) is 1.28. The summed E-state index contributed by atoms with van der Waals surface area (Å²) < 4.78 is 0. The van der Waals surface area contributed by atoms with Gasteiger partial charge in [-0.2, -0.15) is 0 Å². The monoisotopic (exact) mass is 235 g/mol. The second-order valence-corrected chi connectivity index (χ2v) is 3.58. The molecule has 0 bridgehead atoms. The average Bonchev–Trinajstić information content (AvgIpc) is 2.30. The van der Waals surface area contributed by atoms with Crippen molar-refractivity contribution in [3.8, 4) is 0 Å². The lowest BCUT2D eigenvalue weighted by Gasteiger charge is -2.13. The number of hydrogen-bond donors (Lipinski definition) is 3. The average molecular weight is 235 g/mol. The molecule has 0 spiro atoms. The fourth-order valence-corrected chi connectivity index (χ4v) is 1.28. The SMILES string of the molecule is CCNC(=O)C(C)NC(=O)Nc1ccccc1.